The number of thioether (sulfide) groups is 1. The van der Waals surface area contributed by atoms with Crippen molar-refractivity contribution in [3.05, 3.63) is 52.4 Å². The van der Waals surface area contributed by atoms with E-state index in [2.05, 4.69) is 15.5 Å². The van der Waals surface area contributed by atoms with E-state index >= 15 is 0 Å². The van der Waals surface area contributed by atoms with Crippen molar-refractivity contribution in [1.82, 2.24) is 20.2 Å². The van der Waals surface area contributed by atoms with Crippen molar-refractivity contribution >= 4 is 40.6 Å². The van der Waals surface area contributed by atoms with Crippen LogP contribution in [0.5, 0.6) is 0 Å². The molecule has 24 heavy (non-hydrogen) atoms. The number of nitrogen functional groups attached to an aromatic ring is 1. The Bertz CT molecular complexity index is 834. The summed E-state index contributed by atoms with van der Waals surface area (Å²) in [7, 11) is 0. The maximum atomic E-state index is 12.0. The van der Waals surface area contributed by atoms with Crippen LogP contribution in [0.25, 0.3) is 10.7 Å². The summed E-state index contributed by atoms with van der Waals surface area (Å²) >= 11 is 8.83. The van der Waals surface area contributed by atoms with E-state index in [1.54, 1.807) is 6.07 Å². The van der Waals surface area contributed by atoms with Crippen molar-refractivity contribution in [2.75, 3.05) is 11.6 Å². The number of nitrogens with zero attached hydrogens (tertiary/aromatic N) is 3. The van der Waals surface area contributed by atoms with Gasteiger partial charge in [-0.2, -0.15) is 0 Å². The van der Waals surface area contributed by atoms with E-state index in [-0.39, 0.29) is 11.7 Å². The Hall–Kier alpha value is -2.03. The van der Waals surface area contributed by atoms with E-state index < -0.39 is 0 Å². The highest BCUT2D eigenvalue weighted by Crippen LogP contribution is 2.25. The number of rotatable bonds is 6. The van der Waals surface area contributed by atoms with Gasteiger partial charge in [-0.25, -0.2) is 4.68 Å². The summed E-state index contributed by atoms with van der Waals surface area (Å²) in [6.07, 6.45) is 0. The normalized spacial score (nSPS) is 10.7. The number of nitrogens with two attached hydrogens (primary N) is 1. The minimum absolute atomic E-state index is 0.124. The fourth-order valence-electron chi connectivity index (χ4n) is 1.97. The Labute approximate surface area is 152 Å². The molecule has 2 heterocycles. The second-order valence-electron chi connectivity index (χ2n) is 4.81. The average Bonchev–Trinajstić information content (AvgIpc) is 3.22. The highest BCUT2D eigenvalue weighted by molar-refractivity contribution is 7.99. The molecule has 0 spiro atoms. The van der Waals surface area contributed by atoms with Gasteiger partial charge >= 0.3 is 0 Å². The monoisotopic (exact) mass is 379 g/mol. The molecule has 0 atom stereocenters. The van der Waals surface area contributed by atoms with Crippen LogP contribution in [0.2, 0.25) is 5.02 Å². The van der Waals surface area contributed by atoms with Gasteiger partial charge in [0.15, 0.2) is 5.82 Å². The number of halogens is 1. The lowest BCUT2D eigenvalue weighted by molar-refractivity contribution is -0.118. The van der Waals surface area contributed by atoms with Crippen molar-refractivity contribution in [3.63, 3.8) is 0 Å². The lowest BCUT2D eigenvalue weighted by atomic mass is 10.2. The zero-order chi connectivity index (χ0) is 16.9. The molecule has 9 heteroatoms. The molecule has 3 rings (SSSR count). The molecule has 0 fully saturated rings. The summed E-state index contributed by atoms with van der Waals surface area (Å²) in [6.45, 7) is 0.384. The first-order valence-electron chi connectivity index (χ1n) is 7.02. The van der Waals surface area contributed by atoms with Crippen LogP contribution in [0, 0.1) is 0 Å². The van der Waals surface area contributed by atoms with Gasteiger partial charge in [0.05, 0.1) is 10.6 Å². The third-order valence-electron chi connectivity index (χ3n) is 3.17. The number of amides is 1. The smallest absolute Gasteiger partial charge is 0.230 e. The van der Waals surface area contributed by atoms with E-state index in [1.165, 1.54) is 27.8 Å². The maximum Gasteiger partial charge on any atom is 0.230 e. The third-order valence-corrected chi connectivity index (χ3v) is 5.35. The maximum absolute atomic E-state index is 12.0. The first-order chi connectivity index (χ1) is 11.6. The second-order valence-corrected chi connectivity index (χ2v) is 7.11. The molecular weight excluding hydrogens is 366 g/mol. The van der Waals surface area contributed by atoms with Gasteiger partial charge in [-0.3, -0.25) is 4.79 Å². The molecule has 0 unspecified atom stereocenters. The molecule has 3 aromatic rings. The van der Waals surface area contributed by atoms with Crippen LogP contribution < -0.4 is 11.2 Å². The second kappa shape index (κ2) is 7.69. The zero-order valence-electron chi connectivity index (χ0n) is 12.5. The Morgan fingerprint density at radius 3 is 2.88 bits per heavy atom. The topological polar surface area (TPSA) is 85.8 Å². The fourth-order valence-corrected chi connectivity index (χ4v) is 3.56. The Morgan fingerprint density at radius 1 is 1.29 bits per heavy atom. The number of aromatic nitrogens is 3. The lowest BCUT2D eigenvalue weighted by Crippen LogP contribution is -2.25. The number of thiophene rings is 1. The van der Waals surface area contributed by atoms with Gasteiger partial charge in [0.2, 0.25) is 11.1 Å². The van der Waals surface area contributed by atoms with Crippen LogP contribution in [0.3, 0.4) is 0 Å². The van der Waals surface area contributed by atoms with E-state index in [4.69, 9.17) is 17.4 Å². The fraction of sp³-hybridized carbons (Fsp3) is 0.133. The summed E-state index contributed by atoms with van der Waals surface area (Å²) < 4.78 is 1.40. The van der Waals surface area contributed by atoms with E-state index in [0.29, 0.717) is 22.5 Å². The molecule has 0 saturated carbocycles. The molecule has 0 aliphatic rings. The summed E-state index contributed by atoms with van der Waals surface area (Å²) in [5, 5.41) is 14.0. The summed E-state index contributed by atoms with van der Waals surface area (Å²) in [5.74, 6) is 6.66. The van der Waals surface area contributed by atoms with Crippen molar-refractivity contribution in [1.29, 1.82) is 0 Å². The number of carbonyl (C=O) groups is 1. The minimum Gasteiger partial charge on any atom is -0.351 e. The van der Waals surface area contributed by atoms with Gasteiger partial charge in [0.25, 0.3) is 0 Å². The van der Waals surface area contributed by atoms with Crippen molar-refractivity contribution < 1.29 is 4.79 Å². The molecule has 1 aromatic carbocycles. The van der Waals surface area contributed by atoms with Gasteiger partial charge in [0.1, 0.15) is 0 Å². The van der Waals surface area contributed by atoms with Crippen LogP contribution in [0.1, 0.15) is 5.56 Å². The number of benzene rings is 1. The predicted octanol–water partition coefficient (Wildman–Crippen LogP) is 2.78. The van der Waals surface area contributed by atoms with Gasteiger partial charge in [-0.05, 0) is 23.1 Å². The molecule has 3 N–H and O–H groups in total. The molecule has 6 nitrogen and oxygen atoms in total. The molecule has 0 aliphatic heterocycles. The number of carbonyl (C=O) groups excluding carboxylic acids is 1. The molecule has 1 amide bonds. The highest BCUT2D eigenvalue weighted by atomic mass is 35.5. The number of nitrogens with one attached hydrogen (secondary N) is 1. The van der Waals surface area contributed by atoms with Crippen molar-refractivity contribution in [3.8, 4) is 10.7 Å². The number of hydrogen-bond acceptors (Lipinski definition) is 6. The number of hydrogen-bond donors (Lipinski definition) is 2. The minimum atomic E-state index is -0.124. The summed E-state index contributed by atoms with van der Waals surface area (Å²) in [5.41, 5.74) is 0.875. The Balaban J connectivity index is 1.54. The predicted molar refractivity (Wildman–Crippen MR) is 97.5 cm³/mol. The molecule has 124 valence electrons. The molecule has 0 aliphatic carbocycles. The molecule has 0 radical (unpaired) electrons. The van der Waals surface area contributed by atoms with Gasteiger partial charge in [0, 0.05) is 11.6 Å². The first-order valence-corrected chi connectivity index (χ1v) is 9.26. The standard InChI is InChI=1S/C15H14ClN5OS2/c16-11-5-2-1-4-10(11)8-18-13(22)9-24-15-20-19-14(21(15)17)12-6-3-7-23-12/h1-7H,8-9,17H2,(H,18,22). The van der Waals surface area contributed by atoms with E-state index in [9.17, 15) is 4.79 Å². The average molecular weight is 380 g/mol. The Kier molecular flexibility index (Phi) is 5.39. The third kappa shape index (κ3) is 3.89. The molecular formula is C15H14ClN5OS2. The zero-order valence-corrected chi connectivity index (χ0v) is 14.9. The molecule has 2 aromatic heterocycles. The highest BCUT2D eigenvalue weighted by Gasteiger charge is 2.14. The quantitative estimate of drug-likeness (QED) is 0.508. The molecule has 0 saturated heterocycles. The van der Waals surface area contributed by atoms with Crippen LogP contribution in [0.4, 0.5) is 0 Å². The first kappa shape index (κ1) is 16.8. The van der Waals surface area contributed by atoms with E-state index in [0.717, 1.165) is 10.4 Å². The summed E-state index contributed by atoms with van der Waals surface area (Å²) in [4.78, 5) is 12.9. The largest absolute Gasteiger partial charge is 0.351 e. The van der Waals surface area contributed by atoms with Crippen LogP contribution >= 0.6 is 34.7 Å². The van der Waals surface area contributed by atoms with E-state index in [1.807, 2.05) is 35.7 Å². The van der Waals surface area contributed by atoms with Crippen LogP contribution in [-0.2, 0) is 11.3 Å². The van der Waals surface area contributed by atoms with Crippen molar-refractivity contribution in [2.45, 2.75) is 11.7 Å². The van der Waals surface area contributed by atoms with Gasteiger partial charge in [-0.1, -0.05) is 47.6 Å². The van der Waals surface area contributed by atoms with Crippen molar-refractivity contribution in [2.24, 2.45) is 0 Å². The van der Waals surface area contributed by atoms with Crippen LogP contribution in [0.15, 0.2) is 46.9 Å². The van der Waals surface area contributed by atoms with Crippen LogP contribution in [-0.4, -0.2) is 26.5 Å². The lowest BCUT2D eigenvalue weighted by Gasteiger charge is -2.06. The Morgan fingerprint density at radius 2 is 2.12 bits per heavy atom. The SMILES string of the molecule is Nn1c(SCC(=O)NCc2ccccc2Cl)nnc1-c1cccs1. The van der Waals surface area contributed by atoms with Gasteiger partial charge in [-0.15, -0.1) is 21.5 Å². The molecule has 0 bridgehead atoms. The summed E-state index contributed by atoms with van der Waals surface area (Å²) in [6, 6.07) is 11.2. The van der Waals surface area contributed by atoms with Gasteiger partial charge < -0.3 is 11.2 Å².